The van der Waals surface area contributed by atoms with Gasteiger partial charge in [-0.2, -0.15) is 0 Å². The van der Waals surface area contributed by atoms with Crippen molar-refractivity contribution in [3.8, 4) is 0 Å². The van der Waals surface area contributed by atoms with Crippen LogP contribution in [-0.4, -0.2) is 29.8 Å². The Bertz CT molecular complexity index is 582. The number of hydrogen-bond acceptors (Lipinski definition) is 4. The van der Waals surface area contributed by atoms with Gasteiger partial charge in [-0.1, -0.05) is 60.7 Å². The van der Waals surface area contributed by atoms with E-state index >= 15 is 0 Å². The molecule has 0 aliphatic carbocycles. The first-order valence-electron chi connectivity index (χ1n) is 7.96. The minimum Gasteiger partial charge on any atom is -0.451 e. The summed E-state index contributed by atoms with van der Waals surface area (Å²) in [6.07, 6.45) is 0.418. The normalized spacial score (nSPS) is 21.1. The first-order chi connectivity index (χ1) is 11.2. The number of ether oxygens (including phenoxy) is 1. The maximum Gasteiger partial charge on any atom is 0.324 e. The van der Waals surface area contributed by atoms with Crippen LogP contribution in [0.4, 0.5) is 0 Å². The van der Waals surface area contributed by atoms with Crippen molar-refractivity contribution in [1.29, 1.82) is 0 Å². The monoisotopic (exact) mass is 311 g/mol. The van der Waals surface area contributed by atoms with E-state index in [0.717, 1.165) is 11.1 Å². The van der Waals surface area contributed by atoms with E-state index in [4.69, 9.17) is 4.74 Å². The van der Waals surface area contributed by atoms with Gasteiger partial charge < -0.3 is 15.2 Å². The molecule has 0 spiro atoms. The average Bonchev–Trinajstić information content (AvgIpc) is 2.61. The molecule has 2 unspecified atom stereocenters. The van der Waals surface area contributed by atoms with Gasteiger partial charge in [0, 0.05) is 6.54 Å². The lowest BCUT2D eigenvalue weighted by atomic mass is 10.0. The van der Waals surface area contributed by atoms with Crippen molar-refractivity contribution in [3.05, 3.63) is 71.8 Å². The predicted molar refractivity (Wildman–Crippen MR) is 87.9 cm³/mol. The Morgan fingerprint density at radius 3 is 2.04 bits per heavy atom. The number of carbonyl (C=O) groups excluding carboxylic acids is 1. The molecule has 4 heteroatoms. The molecule has 0 radical (unpaired) electrons. The molecule has 0 saturated carbocycles. The Hall–Kier alpha value is -2.17. The maximum absolute atomic E-state index is 12.5. The molecule has 120 valence electrons. The van der Waals surface area contributed by atoms with E-state index in [9.17, 15) is 9.90 Å². The van der Waals surface area contributed by atoms with Crippen LogP contribution >= 0.6 is 0 Å². The highest BCUT2D eigenvalue weighted by Gasteiger charge is 2.28. The van der Waals surface area contributed by atoms with E-state index in [1.165, 1.54) is 0 Å². The van der Waals surface area contributed by atoms with E-state index in [1.54, 1.807) is 0 Å². The summed E-state index contributed by atoms with van der Waals surface area (Å²) in [5.74, 6) is -0.269. The number of aliphatic hydroxyl groups is 1. The maximum atomic E-state index is 12.5. The Labute approximate surface area is 136 Å². The minimum absolute atomic E-state index is 0.269. The molecule has 0 bridgehead atoms. The smallest absolute Gasteiger partial charge is 0.324 e. The number of aliphatic hydroxyl groups excluding tert-OH is 1. The second-order valence-corrected chi connectivity index (χ2v) is 5.83. The molecule has 23 heavy (non-hydrogen) atoms. The molecule has 1 aliphatic heterocycles. The highest BCUT2D eigenvalue weighted by atomic mass is 16.5. The third kappa shape index (κ3) is 3.97. The van der Waals surface area contributed by atoms with Crippen molar-refractivity contribution < 1.29 is 14.6 Å². The molecule has 2 N–H and O–H groups in total. The summed E-state index contributed by atoms with van der Waals surface area (Å²) < 4.78 is 5.81. The molecule has 0 amide bonds. The van der Waals surface area contributed by atoms with Crippen LogP contribution in [0.15, 0.2) is 60.7 Å². The van der Waals surface area contributed by atoms with Crippen LogP contribution in [0.25, 0.3) is 0 Å². The summed E-state index contributed by atoms with van der Waals surface area (Å²) in [6, 6.07) is 19.1. The Morgan fingerprint density at radius 1 is 1.00 bits per heavy atom. The first-order valence-corrected chi connectivity index (χ1v) is 7.96. The van der Waals surface area contributed by atoms with Crippen molar-refractivity contribution in [2.45, 2.75) is 31.1 Å². The van der Waals surface area contributed by atoms with Gasteiger partial charge in [-0.15, -0.1) is 0 Å². The molecule has 3 rings (SSSR count). The molecule has 2 aromatic carbocycles. The number of piperidine rings is 1. The van der Waals surface area contributed by atoms with Gasteiger partial charge in [0.1, 0.15) is 6.04 Å². The number of β-amino-alcohol motifs (C(OH)–C–C–N with tert-alkyl or cyclic N) is 1. The standard InChI is InChI=1S/C19H21NO3/c21-16-11-12-17(20-13-16)19(22)23-18(14-7-3-1-4-8-14)15-9-5-2-6-10-15/h1-10,16-18,20-21H,11-13H2. The zero-order chi connectivity index (χ0) is 16.1. The number of esters is 1. The Balaban J connectivity index is 1.78. The van der Waals surface area contributed by atoms with Crippen LogP contribution in [0.3, 0.4) is 0 Å². The van der Waals surface area contributed by atoms with Gasteiger partial charge in [0.25, 0.3) is 0 Å². The van der Waals surface area contributed by atoms with Gasteiger partial charge in [0.2, 0.25) is 0 Å². The van der Waals surface area contributed by atoms with Crippen molar-refractivity contribution in [1.82, 2.24) is 5.32 Å². The summed E-state index contributed by atoms with van der Waals surface area (Å²) in [5, 5.41) is 12.6. The van der Waals surface area contributed by atoms with Gasteiger partial charge in [-0.05, 0) is 24.0 Å². The summed E-state index contributed by atoms with van der Waals surface area (Å²) in [6.45, 7) is 0.432. The molecular weight excluding hydrogens is 290 g/mol. The molecule has 2 atom stereocenters. The first kappa shape index (κ1) is 15.7. The topological polar surface area (TPSA) is 58.6 Å². The predicted octanol–water partition coefficient (Wildman–Crippen LogP) is 2.43. The highest BCUT2D eigenvalue weighted by Crippen LogP contribution is 2.27. The average molecular weight is 311 g/mol. The van der Waals surface area contributed by atoms with Crippen LogP contribution in [0.1, 0.15) is 30.1 Å². The van der Waals surface area contributed by atoms with E-state index in [2.05, 4.69) is 5.32 Å². The van der Waals surface area contributed by atoms with Crippen LogP contribution in [0, 0.1) is 0 Å². The van der Waals surface area contributed by atoms with Gasteiger partial charge in [-0.25, -0.2) is 0 Å². The highest BCUT2D eigenvalue weighted by molar-refractivity contribution is 5.76. The van der Waals surface area contributed by atoms with Crippen molar-refractivity contribution in [3.63, 3.8) is 0 Å². The molecule has 1 aliphatic rings. The fourth-order valence-corrected chi connectivity index (χ4v) is 2.83. The minimum atomic E-state index is -0.418. The third-order valence-electron chi connectivity index (χ3n) is 4.11. The lowest BCUT2D eigenvalue weighted by molar-refractivity contribution is -0.151. The summed E-state index contributed by atoms with van der Waals surface area (Å²) in [7, 11) is 0. The van der Waals surface area contributed by atoms with E-state index in [1.807, 2.05) is 60.7 Å². The zero-order valence-electron chi connectivity index (χ0n) is 12.9. The van der Waals surface area contributed by atoms with Gasteiger partial charge in [0.05, 0.1) is 6.10 Å². The van der Waals surface area contributed by atoms with E-state index in [-0.39, 0.29) is 18.1 Å². The molecule has 4 nitrogen and oxygen atoms in total. The number of carbonyl (C=O) groups is 1. The van der Waals surface area contributed by atoms with Crippen molar-refractivity contribution >= 4 is 5.97 Å². The summed E-state index contributed by atoms with van der Waals surface area (Å²) in [4.78, 5) is 12.5. The lowest BCUT2D eigenvalue weighted by Crippen LogP contribution is -2.46. The zero-order valence-corrected chi connectivity index (χ0v) is 12.9. The Morgan fingerprint density at radius 2 is 1.57 bits per heavy atom. The molecule has 1 saturated heterocycles. The molecule has 0 aromatic heterocycles. The SMILES string of the molecule is O=C(OC(c1ccccc1)c1ccccc1)C1CCC(O)CN1. The van der Waals surface area contributed by atoms with Crippen LogP contribution < -0.4 is 5.32 Å². The summed E-state index contributed by atoms with van der Waals surface area (Å²) >= 11 is 0. The van der Waals surface area contributed by atoms with Crippen molar-refractivity contribution in [2.75, 3.05) is 6.54 Å². The van der Waals surface area contributed by atoms with E-state index < -0.39 is 6.10 Å². The number of rotatable bonds is 4. The van der Waals surface area contributed by atoms with Crippen molar-refractivity contribution in [2.24, 2.45) is 0 Å². The van der Waals surface area contributed by atoms with Crippen LogP contribution in [-0.2, 0) is 9.53 Å². The van der Waals surface area contributed by atoms with Gasteiger partial charge in [0.15, 0.2) is 6.10 Å². The number of benzene rings is 2. The van der Waals surface area contributed by atoms with Gasteiger partial charge >= 0.3 is 5.97 Å². The molecule has 2 aromatic rings. The summed E-state index contributed by atoms with van der Waals surface area (Å²) in [5.41, 5.74) is 1.89. The lowest BCUT2D eigenvalue weighted by Gasteiger charge is -2.27. The fourth-order valence-electron chi connectivity index (χ4n) is 2.83. The largest absolute Gasteiger partial charge is 0.451 e. The number of hydrogen-bond donors (Lipinski definition) is 2. The third-order valence-corrected chi connectivity index (χ3v) is 4.11. The van der Waals surface area contributed by atoms with E-state index in [0.29, 0.717) is 19.4 Å². The van der Waals surface area contributed by atoms with Gasteiger partial charge in [-0.3, -0.25) is 4.79 Å². The van der Waals surface area contributed by atoms with Crippen LogP contribution in [0.5, 0.6) is 0 Å². The van der Waals surface area contributed by atoms with Crippen LogP contribution in [0.2, 0.25) is 0 Å². The Kier molecular flexibility index (Phi) is 5.05. The fraction of sp³-hybridized carbons (Fsp3) is 0.316. The second kappa shape index (κ2) is 7.40. The molecule has 1 fully saturated rings. The molecular formula is C19H21NO3. The quantitative estimate of drug-likeness (QED) is 0.852. The second-order valence-electron chi connectivity index (χ2n) is 5.83. The molecule has 1 heterocycles. The number of nitrogens with one attached hydrogen (secondary N) is 1.